The lowest BCUT2D eigenvalue weighted by atomic mass is 10.1. The second-order valence-electron chi connectivity index (χ2n) is 7.87. The number of carbonyl (C=O) groups excluding carboxylic acids is 1. The van der Waals surface area contributed by atoms with Gasteiger partial charge in [-0.1, -0.05) is 36.4 Å². The predicted molar refractivity (Wildman–Crippen MR) is 127 cm³/mol. The molecule has 32 heavy (non-hydrogen) atoms. The maximum Gasteiger partial charge on any atom is 0.251 e. The van der Waals surface area contributed by atoms with E-state index in [9.17, 15) is 4.79 Å². The fourth-order valence-electron chi connectivity index (χ4n) is 3.91. The molecule has 0 saturated heterocycles. The highest BCUT2D eigenvalue weighted by atomic mass is 16.2. The molecule has 2 aromatic heterocycles. The minimum Gasteiger partial charge on any atom is -0.396 e. The molecule has 0 bridgehead atoms. The number of aromatic nitrogens is 3. The molecule has 0 fully saturated rings. The van der Waals surface area contributed by atoms with Gasteiger partial charge in [-0.15, -0.1) is 0 Å². The van der Waals surface area contributed by atoms with Crippen molar-refractivity contribution in [2.45, 2.75) is 25.8 Å². The van der Waals surface area contributed by atoms with Gasteiger partial charge in [-0.2, -0.15) is 5.10 Å². The molecule has 7 heteroatoms. The molecule has 0 unspecified atom stereocenters. The minimum absolute atomic E-state index is 0.114. The van der Waals surface area contributed by atoms with E-state index in [4.69, 9.17) is 5.11 Å². The van der Waals surface area contributed by atoms with E-state index < -0.39 is 0 Å². The van der Waals surface area contributed by atoms with E-state index in [1.54, 1.807) is 7.05 Å². The number of fused-ring (bicyclic) bond motifs is 1. The van der Waals surface area contributed by atoms with Gasteiger partial charge in [0.15, 0.2) is 0 Å². The van der Waals surface area contributed by atoms with Gasteiger partial charge in [-0.3, -0.25) is 9.89 Å². The smallest absolute Gasteiger partial charge is 0.251 e. The number of hydrogen-bond donors (Lipinski definition) is 5. The van der Waals surface area contributed by atoms with Crippen molar-refractivity contribution in [2.75, 3.05) is 20.2 Å². The average Bonchev–Trinajstić information content (AvgIpc) is 3.43. The third-order valence-electron chi connectivity index (χ3n) is 5.58. The van der Waals surface area contributed by atoms with Gasteiger partial charge in [0, 0.05) is 54.3 Å². The molecule has 7 nitrogen and oxygen atoms in total. The zero-order chi connectivity index (χ0) is 22.3. The Hall–Kier alpha value is -3.42. The summed E-state index contributed by atoms with van der Waals surface area (Å²) in [6.45, 7) is 1.70. The predicted octanol–water partition coefficient (Wildman–Crippen LogP) is 3.37. The van der Waals surface area contributed by atoms with Crippen molar-refractivity contribution < 1.29 is 9.90 Å². The average molecular weight is 432 g/mol. The minimum atomic E-state index is -0.114. The van der Waals surface area contributed by atoms with Crippen LogP contribution < -0.4 is 10.6 Å². The number of amides is 1. The molecule has 0 radical (unpaired) electrons. The number of aliphatic hydroxyl groups is 1. The Labute approximate surface area is 187 Å². The first kappa shape index (κ1) is 21.8. The molecule has 0 spiro atoms. The Morgan fingerprint density at radius 2 is 1.94 bits per heavy atom. The number of aliphatic hydroxyl groups excluding tert-OH is 1. The van der Waals surface area contributed by atoms with E-state index in [1.807, 2.05) is 36.4 Å². The highest BCUT2D eigenvalue weighted by Gasteiger charge is 2.17. The molecule has 5 N–H and O–H groups in total. The molecule has 166 valence electrons. The Kier molecular flexibility index (Phi) is 6.99. The van der Waals surface area contributed by atoms with E-state index >= 15 is 0 Å². The summed E-state index contributed by atoms with van der Waals surface area (Å²) in [6.07, 6.45) is 2.48. The SMILES string of the molecule is CNC(=O)c1ccc2c(CNCCCCO)c(-c3cc(Cc4ccccc4)[nH]n3)[nH]c2c1. The van der Waals surface area contributed by atoms with Gasteiger partial charge in [-0.05, 0) is 43.1 Å². The molecule has 2 heterocycles. The van der Waals surface area contributed by atoms with Crippen molar-refractivity contribution in [3.8, 4) is 11.4 Å². The number of nitrogens with one attached hydrogen (secondary N) is 4. The highest BCUT2D eigenvalue weighted by molar-refractivity contribution is 5.99. The number of rotatable bonds is 10. The van der Waals surface area contributed by atoms with Gasteiger partial charge >= 0.3 is 0 Å². The van der Waals surface area contributed by atoms with E-state index in [0.717, 1.165) is 59.4 Å². The topological polar surface area (TPSA) is 106 Å². The van der Waals surface area contributed by atoms with Crippen LogP contribution in [0, 0.1) is 0 Å². The molecule has 4 rings (SSSR count). The van der Waals surface area contributed by atoms with E-state index in [1.165, 1.54) is 5.56 Å². The highest BCUT2D eigenvalue weighted by Crippen LogP contribution is 2.30. The van der Waals surface area contributed by atoms with Crippen LogP contribution in [0.15, 0.2) is 54.6 Å². The lowest BCUT2D eigenvalue weighted by Gasteiger charge is -2.06. The van der Waals surface area contributed by atoms with Crippen molar-refractivity contribution in [3.05, 3.63) is 77.0 Å². The maximum atomic E-state index is 12.1. The second-order valence-corrected chi connectivity index (χ2v) is 7.87. The summed E-state index contributed by atoms with van der Waals surface area (Å²) in [5.41, 5.74) is 6.69. The molecule has 0 atom stereocenters. The molecule has 4 aromatic rings. The summed E-state index contributed by atoms with van der Waals surface area (Å²) in [4.78, 5) is 15.6. The summed E-state index contributed by atoms with van der Waals surface area (Å²) in [6, 6.07) is 18.1. The Bertz CT molecular complexity index is 1180. The van der Waals surface area contributed by atoms with Crippen molar-refractivity contribution in [1.29, 1.82) is 0 Å². The third-order valence-corrected chi connectivity index (χ3v) is 5.58. The normalized spacial score (nSPS) is 11.2. The quantitative estimate of drug-likeness (QED) is 0.248. The van der Waals surface area contributed by atoms with Crippen molar-refractivity contribution in [3.63, 3.8) is 0 Å². The molecule has 0 saturated carbocycles. The zero-order valence-electron chi connectivity index (χ0n) is 18.2. The summed E-state index contributed by atoms with van der Waals surface area (Å²) in [5.74, 6) is -0.114. The molecule has 1 amide bonds. The second kappa shape index (κ2) is 10.3. The van der Waals surface area contributed by atoms with Gasteiger partial charge in [0.05, 0.1) is 5.69 Å². The number of carbonyl (C=O) groups is 1. The van der Waals surface area contributed by atoms with E-state index in [0.29, 0.717) is 12.1 Å². The first-order chi connectivity index (χ1) is 15.7. The van der Waals surface area contributed by atoms with Gasteiger partial charge in [-0.25, -0.2) is 0 Å². The lowest BCUT2D eigenvalue weighted by molar-refractivity contribution is 0.0963. The first-order valence-electron chi connectivity index (χ1n) is 11.0. The van der Waals surface area contributed by atoms with Crippen molar-refractivity contribution in [2.24, 2.45) is 0 Å². The van der Waals surface area contributed by atoms with Crippen LogP contribution in [-0.4, -0.2) is 46.4 Å². The lowest BCUT2D eigenvalue weighted by Crippen LogP contribution is -2.17. The Morgan fingerprint density at radius 1 is 1.09 bits per heavy atom. The van der Waals surface area contributed by atoms with Crippen LogP contribution in [0.2, 0.25) is 0 Å². The molecular formula is C25H29N5O2. The van der Waals surface area contributed by atoms with Crippen LogP contribution in [0.4, 0.5) is 0 Å². The molecule has 0 aliphatic rings. The van der Waals surface area contributed by atoms with Gasteiger partial charge in [0.1, 0.15) is 5.69 Å². The fourth-order valence-corrected chi connectivity index (χ4v) is 3.91. The summed E-state index contributed by atoms with van der Waals surface area (Å²) in [5, 5.41) is 24.0. The van der Waals surface area contributed by atoms with Gasteiger partial charge in [0.2, 0.25) is 0 Å². The number of aromatic amines is 2. The summed E-state index contributed by atoms with van der Waals surface area (Å²) in [7, 11) is 1.63. The molecule has 0 aliphatic heterocycles. The van der Waals surface area contributed by atoms with Crippen molar-refractivity contribution >= 4 is 16.8 Å². The molecule has 2 aromatic carbocycles. The van der Waals surface area contributed by atoms with Crippen LogP contribution in [0.25, 0.3) is 22.3 Å². The third kappa shape index (κ3) is 4.90. The fraction of sp³-hybridized carbons (Fsp3) is 0.280. The van der Waals surface area contributed by atoms with Crippen LogP contribution in [-0.2, 0) is 13.0 Å². The maximum absolute atomic E-state index is 12.1. The zero-order valence-corrected chi connectivity index (χ0v) is 18.2. The van der Waals surface area contributed by atoms with Crippen LogP contribution in [0.3, 0.4) is 0 Å². The largest absolute Gasteiger partial charge is 0.396 e. The number of nitrogens with zero attached hydrogens (tertiary/aromatic N) is 1. The number of benzene rings is 2. The Morgan fingerprint density at radius 3 is 2.72 bits per heavy atom. The Balaban J connectivity index is 1.65. The number of hydrogen-bond acceptors (Lipinski definition) is 4. The standard InChI is InChI=1S/C25H29N5O2/c1-26-25(32)18-9-10-20-21(16-27-11-5-6-12-31)24(28-22(20)14-18)23-15-19(29-30-23)13-17-7-3-2-4-8-17/h2-4,7-10,14-15,27-28,31H,5-6,11-13,16H2,1H3,(H,26,32)(H,29,30). The van der Waals surface area contributed by atoms with Crippen LogP contribution in [0.1, 0.15) is 40.0 Å². The molecule has 0 aliphatic carbocycles. The van der Waals surface area contributed by atoms with Gasteiger partial charge < -0.3 is 20.7 Å². The summed E-state index contributed by atoms with van der Waals surface area (Å²) < 4.78 is 0. The van der Waals surface area contributed by atoms with Crippen LogP contribution in [0.5, 0.6) is 0 Å². The van der Waals surface area contributed by atoms with Crippen molar-refractivity contribution in [1.82, 2.24) is 25.8 Å². The molecular weight excluding hydrogens is 402 g/mol. The van der Waals surface area contributed by atoms with E-state index in [2.05, 4.69) is 44.0 Å². The monoisotopic (exact) mass is 431 g/mol. The number of H-pyrrole nitrogens is 2. The summed E-state index contributed by atoms with van der Waals surface area (Å²) >= 11 is 0. The van der Waals surface area contributed by atoms with Gasteiger partial charge in [0.25, 0.3) is 5.91 Å². The first-order valence-corrected chi connectivity index (χ1v) is 11.0. The number of unbranched alkanes of at least 4 members (excludes halogenated alkanes) is 1. The van der Waals surface area contributed by atoms with Crippen LogP contribution >= 0.6 is 0 Å². The van der Waals surface area contributed by atoms with E-state index in [-0.39, 0.29) is 12.5 Å².